The minimum atomic E-state index is -4.43. The highest BCUT2D eigenvalue weighted by Gasteiger charge is 2.65. The van der Waals surface area contributed by atoms with Crippen LogP contribution in [0, 0.1) is 10.8 Å². The minimum Gasteiger partial charge on any atom is -0.366 e. The molecule has 20 heavy (non-hydrogen) atoms. The van der Waals surface area contributed by atoms with Crippen molar-refractivity contribution in [2.75, 3.05) is 10.7 Å². The first kappa shape index (κ1) is 14.9. The Morgan fingerprint density at radius 2 is 1.60 bits per heavy atom. The summed E-state index contributed by atoms with van der Waals surface area (Å²) < 4.78 is 38.5. The van der Waals surface area contributed by atoms with E-state index in [4.69, 9.17) is 5.84 Å². The fraction of sp³-hybridized carbons (Fsp3) is 0.615. The third-order valence-corrected chi connectivity index (χ3v) is 4.61. The highest BCUT2D eigenvalue weighted by Crippen LogP contribution is 2.63. The number of hydrazine groups is 1. The number of nitrogens with two attached hydrogens (primary N) is 1. The zero-order valence-electron chi connectivity index (χ0n) is 11.9. The minimum absolute atomic E-state index is 0.000770. The predicted molar refractivity (Wildman–Crippen MR) is 72.0 cm³/mol. The molecule has 4 N–H and O–H groups in total. The molecule has 112 valence electrons. The van der Waals surface area contributed by atoms with E-state index < -0.39 is 11.7 Å². The normalized spacial score (nSPS) is 20.6. The molecule has 0 atom stereocenters. The van der Waals surface area contributed by atoms with Crippen LogP contribution in [0.25, 0.3) is 0 Å². The zero-order valence-corrected chi connectivity index (χ0v) is 11.9. The van der Waals surface area contributed by atoms with Gasteiger partial charge in [0.2, 0.25) is 0 Å². The Morgan fingerprint density at radius 3 is 2.00 bits per heavy atom. The summed E-state index contributed by atoms with van der Waals surface area (Å²) in [6.45, 7) is 8.28. The van der Waals surface area contributed by atoms with Crippen molar-refractivity contribution in [2.45, 2.75) is 39.9 Å². The Kier molecular flexibility index (Phi) is 3.16. The highest BCUT2D eigenvalue weighted by molar-refractivity contribution is 5.51. The molecule has 1 aliphatic carbocycles. The fourth-order valence-electron chi connectivity index (χ4n) is 2.55. The molecular formula is C13H19F3N4. The van der Waals surface area contributed by atoms with E-state index in [-0.39, 0.29) is 28.5 Å². The van der Waals surface area contributed by atoms with Gasteiger partial charge in [0.15, 0.2) is 0 Å². The van der Waals surface area contributed by atoms with Gasteiger partial charge in [-0.3, -0.25) is 0 Å². The molecule has 7 heteroatoms. The summed E-state index contributed by atoms with van der Waals surface area (Å²) in [6, 6.07) is 1.95. The van der Waals surface area contributed by atoms with Gasteiger partial charge in [0.05, 0.1) is 5.56 Å². The van der Waals surface area contributed by atoms with Crippen LogP contribution in [0.4, 0.5) is 24.8 Å². The van der Waals surface area contributed by atoms with Gasteiger partial charge in [0.25, 0.3) is 0 Å². The van der Waals surface area contributed by atoms with Crippen LogP contribution in [0.2, 0.25) is 0 Å². The van der Waals surface area contributed by atoms with E-state index in [1.54, 1.807) is 0 Å². The average Bonchev–Trinajstić information content (AvgIpc) is 2.70. The second-order valence-electron chi connectivity index (χ2n) is 6.29. The van der Waals surface area contributed by atoms with E-state index in [0.717, 1.165) is 12.1 Å². The first-order chi connectivity index (χ1) is 9.00. The van der Waals surface area contributed by atoms with E-state index in [2.05, 4.69) is 43.4 Å². The van der Waals surface area contributed by atoms with Crippen molar-refractivity contribution in [3.63, 3.8) is 0 Å². The Labute approximate surface area is 115 Å². The van der Waals surface area contributed by atoms with Gasteiger partial charge in [-0.2, -0.15) is 13.2 Å². The molecule has 0 aromatic carbocycles. The van der Waals surface area contributed by atoms with Crippen LogP contribution >= 0.6 is 0 Å². The maximum absolute atomic E-state index is 12.8. The van der Waals surface area contributed by atoms with Crippen LogP contribution in [0.3, 0.4) is 0 Å². The molecular weight excluding hydrogens is 269 g/mol. The molecule has 0 spiro atoms. The van der Waals surface area contributed by atoms with Crippen LogP contribution in [-0.2, 0) is 6.18 Å². The maximum atomic E-state index is 12.8. The molecule has 1 aliphatic rings. The number of nitrogens with zero attached hydrogens (tertiary/aromatic N) is 1. The molecule has 1 aromatic rings. The Balaban J connectivity index is 2.30. The lowest BCUT2D eigenvalue weighted by molar-refractivity contribution is -0.137. The third kappa shape index (κ3) is 2.30. The summed E-state index contributed by atoms with van der Waals surface area (Å²) in [7, 11) is 0. The zero-order chi connectivity index (χ0) is 15.3. The molecule has 0 amide bonds. The monoisotopic (exact) mass is 288 g/mol. The van der Waals surface area contributed by atoms with E-state index in [0.29, 0.717) is 0 Å². The largest absolute Gasteiger partial charge is 0.416 e. The van der Waals surface area contributed by atoms with E-state index in [1.807, 2.05) is 0 Å². The molecule has 1 heterocycles. The first-order valence-electron chi connectivity index (χ1n) is 6.32. The van der Waals surface area contributed by atoms with Crippen molar-refractivity contribution in [2.24, 2.45) is 16.7 Å². The standard InChI is InChI=1S/C13H19F3N4/c1-11(2)10(12(11,3)4)19-8-5-7(13(14,15)16)6-9(18-8)20-17/h5-6,10H,17H2,1-4H3,(H2,18,19,20). The van der Waals surface area contributed by atoms with Gasteiger partial charge in [-0.05, 0) is 23.0 Å². The van der Waals surface area contributed by atoms with E-state index >= 15 is 0 Å². The van der Waals surface area contributed by atoms with Gasteiger partial charge >= 0.3 is 6.18 Å². The smallest absolute Gasteiger partial charge is 0.366 e. The molecule has 4 nitrogen and oxygen atoms in total. The topological polar surface area (TPSA) is 63.0 Å². The molecule has 1 saturated carbocycles. The van der Waals surface area contributed by atoms with Crippen LogP contribution < -0.4 is 16.6 Å². The van der Waals surface area contributed by atoms with Gasteiger partial charge < -0.3 is 10.7 Å². The Morgan fingerprint density at radius 1 is 1.10 bits per heavy atom. The number of hydrogen-bond donors (Lipinski definition) is 3. The number of rotatable bonds is 3. The fourth-order valence-corrected chi connectivity index (χ4v) is 2.55. The van der Waals surface area contributed by atoms with Crippen LogP contribution in [0.15, 0.2) is 12.1 Å². The lowest BCUT2D eigenvalue weighted by Gasteiger charge is -2.13. The lowest BCUT2D eigenvalue weighted by atomic mass is 10.0. The number of hydrogen-bond acceptors (Lipinski definition) is 4. The van der Waals surface area contributed by atoms with Crippen LogP contribution in [-0.4, -0.2) is 11.0 Å². The molecule has 0 saturated heterocycles. The molecule has 1 fully saturated rings. The summed E-state index contributed by atoms with van der Waals surface area (Å²) >= 11 is 0. The highest BCUT2D eigenvalue weighted by atomic mass is 19.4. The van der Waals surface area contributed by atoms with Crippen LogP contribution in [0.5, 0.6) is 0 Å². The summed E-state index contributed by atoms with van der Waals surface area (Å²) in [5.74, 6) is 5.34. The van der Waals surface area contributed by atoms with Gasteiger partial charge in [-0.1, -0.05) is 27.7 Å². The number of nitrogens with one attached hydrogen (secondary N) is 2. The van der Waals surface area contributed by atoms with Crippen molar-refractivity contribution in [1.82, 2.24) is 4.98 Å². The van der Waals surface area contributed by atoms with Crippen molar-refractivity contribution < 1.29 is 13.2 Å². The number of nitrogen functional groups attached to an aromatic ring is 1. The lowest BCUT2D eigenvalue weighted by Crippen LogP contribution is -2.16. The third-order valence-electron chi connectivity index (χ3n) is 4.61. The summed E-state index contributed by atoms with van der Waals surface area (Å²) in [6.07, 6.45) is -4.43. The molecule has 1 aromatic heterocycles. The van der Waals surface area contributed by atoms with Crippen molar-refractivity contribution in [3.8, 4) is 0 Å². The first-order valence-corrected chi connectivity index (χ1v) is 6.32. The number of anilines is 2. The number of pyridine rings is 1. The SMILES string of the molecule is CC1(C)C(Nc2cc(C(F)(F)F)cc(NN)n2)C1(C)C. The summed E-state index contributed by atoms with van der Waals surface area (Å²) in [5, 5.41) is 3.08. The quantitative estimate of drug-likeness (QED) is 0.590. The van der Waals surface area contributed by atoms with Gasteiger partial charge in [0.1, 0.15) is 11.6 Å². The second-order valence-corrected chi connectivity index (χ2v) is 6.29. The van der Waals surface area contributed by atoms with Gasteiger partial charge in [0, 0.05) is 6.04 Å². The molecule has 2 rings (SSSR count). The second kappa shape index (κ2) is 4.25. The van der Waals surface area contributed by atoms with Crippen molar-refractivity contribution in [3.05, 3.63) is 17.7 Å². The average molecular weight is 288 g/mol. The summed E-state index contributed by atoms with van der Waals surface area (Å²) in [5.41, 5.74) is 1.38. The Hall–Kier alpha value is -1.50. The molecule has 0 bridgehead atoms. The van der Waals surface area contributed by atoms with Gasteiger partial charge in [-0.15, -0.1) is 0 Å². The maximum Gasteiger partial charge on any atom is 0.416 e. The predicted octanol–water partition coefficient (Wildman–Crippen LogP) is 3.23. The van der Waals surface area contributed by atoms with Crippen molar-refractivity contribution in [1.29, 1.82) is 0 Å². The summed E-state index contributed by atoms with van der Waals surface area (Å²) in [4.78, 5) is 4.03. The van der Waals surface area contributed by atoms with Crippen LogP contribution in [0.1, 0.15) is 33.3 Å². The number of alkyl halides is 3. The van der Waals surface area contributed by atoms with E-state index in [1.165, 1.54) is 0 Å². The molecule has 0 unspecified atom stereocenters. The van der Waals surface area contributed by atoms with Crippen molar-refractivity contribution >= 4 is 11.6 Å². The number of halogens is 3. The molecule has 0 radical (unpaired) electrons. The number of aromatic nitrogens is 1. The Bertz CT molecular complexity index is 509. The molecule has 0 aliphatic heterocycles. The van der Waals surface area contributed by atoms with Gasteiger partial charge in [-0.25, -0.2) is 10.8 Å². The van der Waals surface area contributed by atoms with E-state index in [9.17, 15) is 13.2 Å².